The topological polar surface area (TPSA) is 76.0 Å². The Bertz CT molecular complexity index is 409. The lowest BCUT2D eigenvalue weighted by molar-refractivity contribution is -0.368. The third kappa shape index (κ3) is 3.39. The maximum Gasteiger partial charge on any atom is 0.171 e. The third-order valence-corrected chi connectivity index (χ3v) is 3.18. The Kier molecular flexibility index (Phi) is 4.81. The number of hydrogen-bond acceptors (Lipinski definition) is 5. The van der Waals surface area contributed by atoms with Crippen molar-refractivity contribution >= 4 is 5.78 Å². The summed E-state index contributed by atoms with van der Waals surface area (Å²) in [5, 5.41) is 18.1. The Morgan fingerprint density at radius 1 is 1.00 bits per heavy atom. The van der Waals surface area contributed by atoms with E-state index in [9.17, 15) is 4.79 Å². The van der Waals surface area contributed by atoms with Crippen LogP contribution in [0.5, 0.6) is 0 Å². The molecule has 1 aromatic carbocycles. The second-order valence-corrected chi connectivity index (χ2v) is 5.55. The fourth-order valence-corrected chi connectivity index (χ4v) is 2.34. The SMILES string of the molecule is CC(C)(OO)C(C(=O)c1ccccc1)C(C)(C)OO. The minimum atomic E-state index is -1.21. The second-order valence-electron chi connectivity index (χ2n) is 5.55. The first-order chi connectivity index (χ1) is 8.76. The van der Waals surface area contributed by atoms with Crippen LogP contribution in [-0.2, 0) is 9.78 Å². The molecule has 1 rings (SSSR count). The maximum absolute atomic E-state index is 12.6. The molecule has 0 heterocycles. The number of rotatable bonds is 6. The van der Waals surface area contributed by atoms with Crippen LogP contribution in [0.3, 0.4) is 0 Å². The molecule has 0 aliphatic heterocycles. The molecule has 5 heteroatoms. The van der Waals surface area contributed by atoms with Gasteiger partial charge in [0, 0.05) is 5.56 Å². The Morgan fingerprint density at radius 2 is 1.42 bits per heavy atom. The lowest BCUT2D eigenvalue weighted by atomic mass is 9.74. The van der Waals surface area contributed by atoms with E-state index in [4.69, 9.17) is 10.5 Å². The fraction of sp³-hybridized carbons (Fsp3) is 0.500. The summed E-state index contributed by atoms with van der Waals surface area (Å²) in [4.78, 5) is 21.4. The minimum Gasteiger partial charge on any atom is -0.294 e. The van der Waals surface area contributed by atoms with Crippen molar-refractivity contribution in [1.82, 2.24) is 0 Å². The van der Waals surface area contributed by atoms with E-state index in [1.165, 1.54) is 0 Å². The summed E-state index contributed by atoms with van der Waals surface area (Å²) < 4.78 is 0. The van der Waals surface area contributed by atoms with Gasteiger partial charge in [0.1, 0.15) is 11.2 Å². The minimum absolute atomic E-state index is 0.279. The van der Waals surface area contributed by atoms with E-state index in [2.05, 4.69) is 9.78 Å². The van der Waals surface area contributed by atoms with Crippen molar-refractivity contribution in [3.63, 3.8) is 0 Å². The van der Waals surface area contributed by atoms with Crippen LogP contribution >= 0.6 is 0 Å². The van der Waals surface area contributed by atoms with Crippen LogP contribution in [0.4, 0.5) is 0 Å². The van der Waals surface area contributed by atoms with Crippen molar-refractivity contribution in [2.45, 2.75) is 38.9 Å². The quantitative estimate of drug-likeness (QED) is 0.471. The molecule has 0 unspecified atom stereocenters. The Hall–Kier alpha value is -1.27. The van der Waals surface area contributed by atoms with Crippen molar-refractivity contribution in [3.8, 4) is 0 Å². The molecule has 0 aliphatic rings. The van der Waals surface area contributed by atoms with E-state index in [0.29, 0.717) is 5.56 Å². The second kappa shape index (κ2) is 5.79. The van der Waals surface area contributed by atoms with Crippen LogP contribution in [0, 0.1) is 5.92 Å². The van der Waals surface area contributed by atoms with E-state index in [1.54, 1.807) is 58.0 Å². The van der Waals surface area contributed by atoms with E-state index in [-0.39, 0.29) is 5.78 Å². The van der Waals surface area contributed by atoms with Gasteiger partial charge in [-0.15, -0.1) is 0 Å². The van der Waals surface area contributed by atoms with Crippen LogP contribution in [0.25, 0.3) is 0 Å². The summed E-state index contributed by atoms with van der Waals surface area (Å²) in [6, 6.07) is 8.60. The highest BCUT2D eigenvalue weighted by atomic mass is 17.1. The predicted octanol–water partition coefficient (Wildman–Crippen LogP) is 3.02. The van der Waals surface area contributed by atoms with Gasteiger partial charge in [-0.1, -0.05) is 30.3 Å². The number of Topliss-reactive ketones (excluding diaryl/α,β-unsaturated/α-hetero) is 1. The van der Waals surface area contributed by atoms with Crippen molar-refractivity contribution in [3.05, 3.63) is 35.9 Å². The average Bonchev–Trinajstić information content (AvgIpc) is 2.39. The van der Waals surface area contributed by atoms with Crippen LogP contribution < -0.4 is 0 Å². The first-order valence-electron chi connectivity index (χ1n) is 6.00. The number of hydrogen-bond donors (Lipinski definition) is 2. The maximum atomic E-state index is 12.6. The van der Waals surface area contributed by atoms with Gasteiger partial charge < -0.3 is 0 Å². The largest absolute Gasteiger partial charge is 0.294 e. The molecule has 2 N–H and O–H groups in total. The van der Waals surface area contributed by atoms with Gasteiger partial charge >= 0.3 is 0 Å². The molecule has 19 heavy (non-hydrogen) atoms. The van der Waals surface area contributed by atoms with Gasteiger partial charge in [0.2, 0.25) is 0 Å². The Balaban J connectivity index is 3.23. The van der Waals surface area contributed by atoms with E-state index >= 15 is 0 Å². The highest BCUT2D eigenvalue weighted by Gasteiger charge is 2.48. The normalized spacial score (nSPS) is 12.8. The third-order valence-electron chi connectivity index (χ3n) is 3.18. The molecular weight excluding hydrogens is 248 g/mol. The van der Waals surface area contributed by atoms with Crippen LogP contribution in [0.2, 0.25) is 0 Å². The van der Waals surface area contributed by atoms with Gasteiger partial charge in [0.05, 0.1) is 5.92 Å². The van der Waals surface area contributed by atoms with E-state index < -0.39 is 17.1 Å². The van der Waals surface area contributed by atoms with Crippen LogP contribution in [-0.4, -0.2) is 27.5 Å². The molecule has 0 bridgehead atoms. The summed E-state index contributed by atoms with van der Waals surface area (Å²) in [5.74, 6) is -1.17. The molecule has 1 aromatic rings. The molecule has 0 fully saturated rings. The van der Waals surface area contributed by atoms with Crippen molar-refractivity contribution < 1.29 is 25.1 Å². The van der Waals surface area contributed by atoms with Gasteiger partial charge in [0.15, 0.2) is 5.78 Å². The van der Waals surface area contributed by atoms with Gasteiger partial charge in [-0.2, -0.15) is 0 Å². The molecule has 0 aromatic heterocycles. The number of ketones is 1. The molecule has 0 saturated heterocycles. The number of benzene rings is 1. The lowest BCUT2D eigenvalue weighted by Gasteiger charge is -2.38. The van der Waals surface area contributed by atoms with Gasteiger partial charge in [-0.25, -0.2) is 9.78 Å². The smallest absolute Gasteiger partial charge is 0.171 e. The molecule has 0 aliphatic carbocycles. The summed E-state index contributed by atoms with van der Waals surface area (Å²) in [5.41, 5.74) is -1.96. The molecule has 106 valence electrons. The first kappa shape index (κ1) is 15.8. The van der Waals surface area contributed by atoms with Crippen LogP contribution in [0.15, 0.2) is 30.3 Å². The molecular formula is C14H20O5. The Morgan fingerprint density at radius 3 is 1.79 bits per heavy atom. The highest BCUT2D eigenvalue weighted by Crippen LogP contribution is 2.35. The molecule has 0 saturated carbocycles. The van der Waals surface area contributed by atoms with Crippen molar-refractivity contribution in [1.29, 1.82) is 0 Å². The average molecular weight is 268 g/mol. The summed E-state index contributed by atoms with van der Waals surface area (Å²) in [6.07, 6.45) is 0. The summed E-state index contributed by atoms with van der Waals surface area (Å²) >= 11 is 0. The predicted molar refractivity (Wildman–Crippen MR) is 69.8 cm³/mol. The molecule has 0 amide bonds. The zero-order chi connectivity index (χ0) is 14.7. The fourth-order valence-electron chi connectivity index (χ4n) is 2.34. The summed E-state index contributed by atoms with van der Waals surface area (Å²) in [6.45, 7) is 6.22. The van der Waals surface area contributed by atoms with Gasteiger partial charge in [-0.05, 0) is 27.7 Å². The van der Waals surface area contributed by atoms with Crippen LogP contribution in [0.1, 0.15) is 38.1 Å². The zero-order valence-corrected chi connectivity index (χ0v) is 11.6. The first-order valence-corrected chi connectivity index (χ1v) is 6.00. The van der Waals surface area contributed by atoms with Crippen molar-refractivity contribution in [2.75, 3.05) is 0 Å². The zero-order valence-electron chi connectivity index (χ0n) is 11.6. The van der Waals surface area contributed by atoms with E-state index in [0.717, 1.165) is 0 Å². The Labute approximate surface area is 112 Å². The number of carbonyl (C=O) groups excluding carboxylic acids is 1. The molecule has 0 atom stereocenters. The standard InChI is InChI=1S/C14H20O5/c1-13(2,18-16)12(14(3,4)19-17)11(15)10-8-6-5-7-9-10/h5-9,12,16-17H,1-4H3. The van der Waals surface area contributed by atoms with E-state index in [1.807, 2.05) is 0 Å². The molecule has 0 spiro atoms. The van der Waals surface area contributed by atoms with Gasteiger partial charge in [0.25, 0.3) is 0 Å². The molecule has 5 nitrogen and oxygen atoms in total. The van der Waals surface area contributed by atoms with Gasteiger partial charge in [-0.3, -0.25) is 15.3 Å². The monoisotopic (exact) mass is 268 g/mol. The van der Waals surface area contributed by atoms with Crippen molar-refractivity contribution in [2.24, 2.45) is 5.92 Å². The lowest BCUT2D eigenvalue weighted by Crippen LogP contribution is -2.52. The number of carbonyl (C=O) groups is 1. The molecule has 0 radical (unpaired) electrons. The summed E-state index contributed by atoms with van der Waals surface area (Å²) in [7, 11) is 0. The highest BCUT2D eigenvalue weighted by molar-refractivity contribution is 5.99.